The van der Waals surface area contributed by atoms with Crippen LogP contribution in [0.1, 0.15) is 48.1 Å². The molecule has 0 bridgehead atoms. The third-order valence-corrected chi connectivity index (χ3v) is 5.45. The smallest absolute Gasteiger partial charge is 0.277 e. The SMILES string of the molecule is CCC(CC)c1nnc(NC(=O)c2c(Cl)nc3sccn23)s1. The van der Waals surface area contributed by atoms with Gasteiger partial charge in [0, 0.05) is 17.5 Å². The molecule has 3 aromatic heterocycles. The van der Waals surface area contributed by atoms with E-state index in [9.17, 15) is 4.79 Å². The highest BCUT2D eigenvalue weighted by molar-refractivity contribution is 7.15. The first-order chi connectivity index (χ1) is 10.6. The summed E-state index contributed by atoms with van der Waals surface area (Å²) in [6, 6.07) is 0. The van der Waals surface area contributed by atoms with Crippen LogP contribution >= 0.6 is 34.3 Å². The molecule has 0 spiro atoms. The summed E-state index contributed by atoms with van der Waals surface area (Å²) in [5, 5.41) is 14.4. The fraction of sp³-hybridized carbons (Fsp3) is 0.385. The Hall–Kier alpha value is -1.51. The van der Waals surface area contributed by atoms with Crippen molar-refractivity contribution in [1.29, 1.82) is 0 Å². The van der Waals surface area contributed by atoms with Crippen molar-refractivity contribution in [1.82, 2.24) is 19.6 Å². The second kappa shape index (κ2) is 6.31. The topological polar surface area (TPSA) is 72.2 Å². The van der Waals surface area contributed by atoms with Gasteiger partial charge in [0.2, 0.25) is 5.13 Å². The van der Waals surface area contributed by atoms with Gasteiger partial charge in [-0.3, -0.25) is 14.5 Å². The van der Waals surface area contributed by atoms with E-state index in [1.165, 1.54) is 22.7 Å². The second-order valence-corrected chi connectivity index (χ2v) is 6.96. The Balaban J connectivity index is 1.82. The molecule has 3 aromatic rings. The summed E-state index contributed by atoms with van der Waals surface area (Å²) in [7, 11) is 0. The Kier molecular flexibility index (Phi) is 4.42. The van der Waals surface area contributed by atoms with Gasteiger partial charge in [0.15, 0.2) is 15.8 Å². The summed E-state index contributed by atoms with van der Waals surface area (Å²) < 4.78 is 1.67. The average molecular weight is 356 g/mol. The number of fused-ring (bicyclic) bond motifs is 1. The predicted octanol–water partition coefficient (Wildman–Crippen LogP) is 4.06. The zero-order valence-electron chi connectivity index (χ0n) is 12.0. The molecule has 0 radical (unpaired) electrons. The molecule has 0 aromatic carbocycles. The summed E-state index contributed by atoms with van der Waals surface area (Å²) in [6.45, 7) is 4.24. The van der Waals surface area contributed by atoms with Gasteiger partial charge in [0.05, 0.1) is 0 Å². The number of imidazole rings is 1. The normalized spacial score (nSPS) is 11.5. The summed E-state index contributed by atoms with van der Waals surface area (Å²) in [5.74, 6) is 0.0495. The van der Waals surface area contributed by atoms with Gasteiger partial charge in [-0.1, -0.05) is 36.8 Å². The number of hydrogen-bond acceptors (Lipinski definition) is 6. The number of thiazole rings is 1. The highest BCUT2D eigenvalue weighted by Crippen LogP contribution is 2.29. The molecule has 3 heterocycles. The van der Waals surface area contributed by atoms with Gasteiger partial charge in [-0.2, -0.15) is 0 Å². The minimum atomic E-state index is -0.330. The second-order valence-electron chi connectivity index (χ2n) is 4.72. The maximum Gasteiger partial charge on any atom is 0.277 e. The molecule has 1 N–H and O–H groups in total. The Morgan fingerprint density at radius 3 is 2.91 bits per heavy atom. The van der Waals surface area contributed by atoms with Gasteiger partial charge < -0.3 is 0 Å². The first kappa shape index (κ1) is 15.4. The van der Waals surface area contributed by atoms with Crippen molar-refractivity contribution in [3.05, 3.63) is 27.4 Å². The Morgan fingerprint density at radius 2 is 2.18 bits per heavy atom. The number of nitrogens with one attached hydrogen (secondary N) is 1. The van der Waals surface area contributed by atoms with Crippen molar-refractivity contribution in [2.75, 3.05) is 5.32 Å². The lowest BCUT2D eigenvalue weighted by atomic mass is 10.1. The molecule has 0 aliphatic rings. The molecule has 0 saturated carbocycles. The number of amides is 1. The van der Waals surface area contributed by atoms with Crippen LogP contribution in [0.2, 0.25) is 5.15 Å². The first-order valence-electron chi connectivity index (χ1n) is 6.89. The molecule has 0 saturated heterocycles. The number of nitrogens with zero attached hydrogens (tertiary/aromatic N) is 4. The first-order valence-corrected chi connectivity index (χ1v) is 8.97. The monoisotopic (exact) mass is 355 g/mol. The number of carbonyl (C=O) groups is 1. The van der Waals surface area contributed by atoms with E-state index in [0.717, 1.165) is 17.8 Å². The Bertz CT molecular complexity index is 804. The zero-order valence-corrected chi connectivity index (χ0v) is 14.4. The molecular weight excluding hydrogens is 342 g/mol. The minimum Gasteiger partial charge on any atom is -0.295 e. The number of hydrogen-bond donors (Lipinski definition) is 1. The van der Waals surface area contributed by atoms with Crippen molar-refractivity contribution in [2.24, 2.45) is 0 Å². The molecule has 0 aliphatic carbocycles. The highest BCUT2D eigenvalue weighted by Gasteiger charge is 2.21. The van der Waals surface area contributed by atoms with Crippen LogP contribution in [0.4, 0.5) is 5.13 Å². The summed E-state index contributed by atoms with van der Waals surface area (Å²) in [5.41, 5.74) is 0.317. The molecule has 0 unspecified atom stereocenters. The fourth-order valence-electron chi connectivity index (χ4n) is 2.21. The molecule has 0 aliphatic heterocycles. The van der Waals surface area contributed by atoms with Crippen molar-refractivity contribution in [2.45, 2.75) is 32.6 Å². The van der Waals surface area contributed by atoms with Gasteiger partial charge in [-0.05, 0) is 12.8 Å². The molecule has 6 nitrogen and oxygen atoms in total. The number of carbonyl (C=O) groups excluding carboxylic acids is 1. The maximum absolute atomic E-state index is 12.4. The van der Waals surface area contributed by atoms with Gasteiger partial charge in [0.1, 0.15) is 5.01 Å². The van der Waals surface area contributed by atoms with Crippen LogP contribution in [-0.4, -0.2) is 25.5 Å². The molecule has 3 rings (SSSR count). The average Bonchev–Trinajstić information content (AvgIpc) is 3.16. The van der Waals surface area contributed by atoms with Gasteiger partial charge in [-0.25, -0.2) is 4.98 Å². The van der Waals surface area contributed by atoms with E-state index < -0.39 is 0 Å². The predicted molar refractivity (Wildman–Crippen MR) is 89.3 cm³/mol. The number of halogens is 1. The fourth-order valence-corrected chi connectivity index (χ4v) is 4.23. The summed E-state index contributed by atoms with van der Waals surface area (Å²) in [4.78, 5) is 17.2. The summed E-state index contributed by atoms with van der Waals surface area (Å²) >= 11 is 8.88. The van der Waals surface area contributed by atoms with Gasteiger partial charge in [-0.15, -0.1) is 21.5 Å². The molecule has 116 valence electrons. The van der Waals surface area contributed by atoms with Gasteiger partial charge >= 0.3 is 0 Å². The van der Waals surface area contributed by atoms with Crippen LogP contribution in [0.15, 0.2) is 11.6 Å². The summed E-state index contributed by atoms with van der Waals surface area (Å²) in [6.07, 6.45) is 3.77. The van der Waals surface area contributed by atoms with E-state index >= 15 is 0 Å². The number of aromatic nitrogens is 4. The van der Waals surface area contributed by atoms with Crippen LogP contribution in [0.25, 0.3) is 4.96 Å². The van der Waals surface area contributed by atoms with Crippen LogP contribution in [0.5, 0.6) is 0 Å². The maximum atomic E-state index is 12.4. The largest absolute Gasteiger partial charge is 0.295 e. The number of anilines is 1. The van der Waals surface area contributed by atoms with Crippen LogP contribution < -0.4 is 5.32 Å². The molecule has 0 fully saturated rings. The zero-order chi connectivity index (χ0) is 15.7. The van der Waals surface area contributed by atoms with E-state index in [4.69, 9.17) is 11.6 Å². The van der Waals surface area contributed by atoms with Crippen molar-refractivity contribution in [3.8, 4) is 0 Å². The van der Waals surface area contributed by atoms with E-state index in [2.05, 4.69) is 34.3 Å². The lowest BCUT2D eigenvalue weighted by Gasteiger charge is -2.05. The van der Waals surface area contributed by atoms with Gasteiger partial charge in [0.25, 0.3) is 5.91 Å². The van der Waals surface area contributed by atoms with E-state index in [0.29, 0.717) is 21.7 Å². The molecule has 0 atom stereocenters. The van der Waals surface area contributed by atoms with E-state index in [-0.39, 0.29) is 11.1 Å². The Morgan fingerprint density at radius 1 is 1.41 bits per heavy atom. The lowest BCUT2D eigenvalue weighted by molar-refractivity contribution is 0.102. The molecule has 1 amide bonds. The van der Waals surface area contributed by atoms with Crippen LogP contribution in [-0.2, 0) is 0 Å². The van der Waals surface area contributed by atoms with E-state index in [1.54, 1.807) is 10.6 Å². The van der Waals surface area contributed by atoms with Crippen molar-refractivity contribution in [3.63, 3.8) is 0 Å². The molecular formula is C13H14ClN5OS2. The standard InChI is InChI=1S/C13H14ClN5OS2/c1-3-7(4-2)11-17-18-12(22-11)16-10(20)8-9(14)15-13-19(8)5-6-21-13/h5-7H,3-4H2,1-2H3,(H,16,18,20). The molecule has 22 heavy (non-hydrogen) atoms. The van der Waals surface area contributed by atoms with Crippen LogP contribution in [0, 0.1) is 0 Å². The Labute approximate surface area is 140 Å². The highest BCUT2D eigenvalue weighted by atomic mass is 35.5. The van der Waals surface area contributed by atoms with Crippen molar-refractivity contribution >= 4 is 50.3 Å². The lowest BCUT2D eigenvalue weighted by Crippen LogP contribution is -2.14. The third-order valence-electron chi connectivity index (χ3n) is 3.43. The van der Waals surface area contributed by atoms with E-state index in [1.807, 2.05) is 5.38 Å². The van der Waals surface area contributed by atoms with Crippen LogP contribution in [0.3, 0.4) is 0 Å². The number of rotatable bonds is 5. The molecule has 9 heteroatoms. The van der Waals surface area contributed by atoms with Crippen molar-refractivity contribution < 1.29 is 4.79 Å². The quantitative estimate of drug-likeness (QED) is 0.749. The minimum absolute atomic E-state index is 0.189. The third kappa shape index (κ3) is 2.73.